The van der Waals surface area contributed by atoms with Crippen LogP contribution in [0.2, 0.25) is 0 Å². The van der Waals surface area contributed by atoms with Gasteiger partial charge in [0, 0.05) is 16.3 Å². The van der Waals surface area contributed by atoms with Crippen LogP contribution in [-0.2, 0) is 6.42 Å². The average Bonchev–Trinajstić information content (AvgIpc) is 2.96. The molecule has 1 aliphatic rings. The first-order valence-corrected chi connectivity index (χ1v) is 8.99. The van der Waals surface area contributed by atoms with Gasteiger partial charge in [0.1, 0.15) is 5.01 Å². The number of nitrogens with zero attached hydrogens (tertiary/aromatic N) is 2. The van der Waals surface area contributed by atoms with Crippen LogP contribution in [0.5, 0.6) is 0 Å². The summed E-state index contributed by atoms with van der Waals surface area (Å²) in [5.74, 6) is 0. The smallest absolute Gasteiger partial charge is 0.157 e. The second kappa shape index (κ2) is 6.48. The summed E-state index contributed by atoms with van der Waals surface area (Å²) in [7, 11) is 0. The molecule has 1 N–H and O–H groups in total. The minimum Gasteiger partial charge on any atom is -0.356 e. The predicted octanol–water partition coefficient (Wildman–Crippen LogP) is 4.26. The van der Waals surface area contributed by atoms with E-state index in [1.807, 2.05) is 18.0 Å². The zero-order valence-corrected chi connectivity index (χ0v) is 14.7. The van der Waals surface area contributed by atoms with Crippen molar-refractivity contribution >= 4 is 28.3 Å². The van der Waals surface area contributed by atoms with E-state index >= 15 is 0 Å². The summed E-state index contributed by atoms with van der Waals surface area (Å²) < 4.78 is 0. The molecule has 1 aromatic heterocycles. The Bertz CT molecular complexity index is 474. The van der Waals surface area contributed by atoms with E-state index in [4.69, 9.17) is 0 Å². The molecule has 0 fully saturated rings. The number of hydrogen-bond acceptors (Lipinski definition) is 5. The van der Waals surface area contributed by atoms with Crippen LogP contribution in [0.1, 0.15) is 57.0 Å². The van der Waals surface area contributed by atoms with Crippen LogP contribution in [0.25, 0.3) is 0 Å². The van der Waals surface area contributed by atoms with Crippen molar-refractivity contribution in [3.05, 3.63) is 16.1 Å². The van der Waals surface area contributed by atoms with E-state index < -0.39 is 0 Å². The number of rotatable bonds is 4. The van der Waals surface area contributed by atoms with Gasteiger partial charge in [-0.05, 0) is 25.2 Å². The van der Waals surface area contributed by atoms with Crippen LogP contribution < -0.4 is 5.32 Å². The minimum atomic E-state index is 0.250. The normalized spacial score (nSPS) is 20.9. The first-order valence-electron chi connectivity index (χ1n) is 7.29. The van der Waals surface area contributed by atoms with Crippen molar-refractivity contribution < 1.29 is 0 Å². The van der Waals surface area contributed by atoms with E-state index in [-0.39, 0.29) is 6.04 Å². The van der Waals surface area contributed by atoms with Crippen molar-refractivity contribution in [2.24, 2.45) is 10.4 Å². The average molecular weight is 312 g/mol. The molecule has 112 valence electrons. The van der Waals surface area contributed by atoms with E-state index in [2.05, 4.69) is 49.9 Å². The Labute approximate surface area is 130 Å². The van der Waals surface area contributed by atoms with Gasteiger partial charge in [0.25, 0.3) is 0 Å². The van der Waals surface area contributed by atoms with Crippen molar-refractivity contribution in [3.63, 3.8) is 0 Å². The Morgan fingerprint density at radius 3 is 2.80 bits per heavy atom. The molecule has 0 saturated heterocycles. The van der Waals surface area contributed by atoms with Gasteiger partial charge in [0.15, 0.2) is 5.17 Å². The van der Waals surface area contributed by atoms with Gasteiger partial charge in [-0.1, -0.05) is 39.5 Å². The van der Waals surface area contributed by atoms with E-state index in [1.165, 1.54) is 11.3 Å². The van der Waals surface area contributed by atoms with Crippen molar-refractivity contribution in [2.75, 3.05) is 6.54 Å². The molecule has 1 aromatic rings. The molecule has 0 radical (unpaired) electrons. The molecule has 1 aliphatic heterocycles. The molecule has 5 heteroatoms. The van der Waals surface area contributed by atoms with Gasteiger partial charge >= 0.3 is 0 Å². The minimum absolute atomic E-state index is 0.250. The van der Waals surface area contributed by atoms with Crippen LogP contribution in [0.15, 0.2) is 11.2 Å². The Balaban J connectivity index is 1.85. The molecule has 0 saturated carbocycles. The maximum atomic E-state index is 4.64. The topological polar surface area (TPSA) is 37.3 Å². The van der Waals surface area contributed by atoms with Gasteiger partial charge in [-0.3, -0.25) is 4.99 Å². The van der Waals surface area contributed by atoms with Crippen LogP contribution in [0, 0.1) is 5.41 Å². The van der Waals surface area contributed by atoms with Crippen LogP contribution in [0.4, 0.5) is 0 Å². The number of nitrogens with one attached hydrogen (secondary N) is 1. The van der Waals surface area contributed by atoms with Gasteiger partial charge in [-0.15, -0.1) is 11.3 Å². The predicted molar refractivity (Wildman–Crippen MR) is 90.8 cm³/mol. The fraction of sp³-hybridized carbons (Fsp3) is 0.733. The number of amidine groups is 1. The third kappa shape index (κ3) is 4.48. The highest BCUT2D eigenvalue weighted by molar-refractivity contribution is 8.14. The Morgan fingerprint density at radius 1 is 1.45 bits per heavy atom. The quantitative estimate of drug-likeness (QED) is 0.902. The zero-order valence-electron chi connectivity index (χ0n) is 13.1. The van der Waals surface area contributed by atoms with Gasteiger partial charge in [-0.2, -0.15) is 0 Å². The first kappa shape index (κ1) is 15.8. The van der Waals surface area contributed by atoms with Crippen molar-refractivity contribution in [1.82, 2.24) is 10.3 Å². The largest absolute Gasteiger partial charge is 0.356 e. The maximum Gasteiger partial charge on any atom is 0.157 e. The molecule has 3 nitrogen and oxygen atoms in total. The van der Waals surface area contributed by atoms with E-state index in [0.717, 1.165) is 23.1 Å². The molecule has 0 aromatic carbocycles. The summed E-state index contributed by atoms with van der Waals surface area (Å²) in [6.07, 6.45) is 4.26. The zero-order chi connectivity index (χ0) is 14.8. The lowest BCUT2D eigenvalue weighted by molar-refractivity contribution is 0.375. The Hall–Kier alpha value is -0.550. The van der Waals surface area contributed by atoms with E-state index in [0.29, 0.717) is 10.7 Å². The number of aliphatic imine (C=N–C) groups is 1. The second-order valence-electron chi connectivity index (χ2n) is 6.53. The number of hydrogen-bond donors (Lipinski definition) is 1. The molecular weight excluding hydrogens is 286 g/mol. The third-order valence-electron chi connectivity index (χ3n) is 3.19. The summed E-state index contributed by atoms with van der Waals surface area (Å²) in [4.78, 5) is 10.5. The molecule has 0 bridgehead atoms. The monoisotopic (exact) mass is 311 g/mol. The van der Waals surface area contributed by atoms with Crippen LogP contribution in [0.3, 0.4) is 0 Å². The molecule has 2 heterocycles. The molecule has 0 spiro atoms. The van der Waals surface area contributed by atoms with Gasteiger partial charge in [-0.25, -0.2) is 4.98 Å². The van der Waals surface area contributed by atoms with Gasteiger partial charge in [0.2, 0.25) is 0 Å². The van der Waals surface area contributed by atoms with Gasteiger partial charge in [0.05, 0.1) is 12.6 Å². The summed E-state index contributed by atoms with van der Waals surface area (Å²) in [5, 5.41) is 6.37. The summed E-state index contributed by atoms with van der Waals surface area (Å²) in [6, 6.07) is 0.250. The summed E-state index contributed by atoms with van der Waals surface area (Å²) in [5.41, 5.74) is 0.375. The van der Waals surface area contributed by atoms with Gasteiger partial charge < -0.3 is 5.32 Å². The highest BCUT2D eigenvalue weighted by atomic mass is 32.2. The van der Waals surface area contributed by atoms with Crippen molar-refractivity contribution in [1.29, 1.82) is 0 Å². The number of thioether (sulfide) groups is 1. The second-order valence-corrected chi connectivity index (χ2v) is 8.97. The lowest BCUT2D eigenvalue weighted by Gasteiger charge is -2.21. The molecule has 20 heavy (non-hydrogen) atoms. The Kier molecular flexibility index (Phi) is 5.13. The Morgan fingerprint density at radius 2 is 2.20 bits per heavy atom. The molecule has 0 aliphatic carbocycles. The molecule has 2 unspecified atom stereocenters. The van der Waals surface area contributed by atoms with E-state index in [9.17, 15) is 0 Å². The van der Waals surface area contributed by atoms with Crippen molar-refractivity contribution in [3.8, 4) is 0 Å². The summed E-state index contributed by atoms with van der Waals surface area (Å²) >= 11 is 3.69. The first-order chi connectivity index (χ1) is 9.37. The molecule has 2 atom stereocenters. The van der Waals surface area contributed by atoms with E-state index in [1.54, 1.807) is 11.3 Å². The fourth-order valence-corrected chi connectivity index (χ4v) is 4.52. The van der Waals surface area contributed by atoms with Crippen molar-refractivity contribution in [2.45, 2.75) is 58.8 Å². The lowest BCUT2D eigenvalue weighted by Crippen LogP contribution is -2.23. The standard InChI is InChI=1S/C15H25N3S2/c1-6-11-8-16-13(19-11)10(2)18-14-17-9-12(20-14)7-15(3,4)5/h8,10,12H,6-7,9H2,1-5H3,(H,17,18). The van der Waals surface area contributed by atoms with Crippen LogP contribution >= 0.6 is 23.1 Å². The van der Waals surface area contributed by atoms with Crippen LogP contribution in [-0.4, -0.2) is 21.9 Å². The summed E-state index contributed by atoms with van der Waals surface area (Å²) in [6.45, 7) is 12.2. The number of aromatic nitrogens is 1. The molecule has 2 rings (SSSR count). The number of thiazole rings is 1. The number of aryl methyl sites for hydroxylation is 1. The highest BCUT2D eigenvalue weighted by Gasteiger charge is 2.26. The molecular formula is C15H25N3S2. The fourth-order valence-electron chi connectivity index (χ4n) is 2.22. The SMILES string of the molecule is CCc1cnc(C(C)NC2=NCC(CC(C)(C)C)S2)s1. The lowest BCUT2D eigenvalue weighted by atomic mass is 9.90. The third-order valence-corrected chi connectivity index (χ3v) is 5.63. The molecule has 0 amide bonds. The maximum absolute atomic E-state index is 4.64. The highest BCUT2D eigenvalue weighted by Crippen LogP contribution is 2.32.